The molecule has 2 N–H and O–H groups in total. The third-order valence-corrected chi connectivity index (χ3v) is 2.69. The molecule has 0 bridgehead atoms. The van der Waals surface area contributed by atoms with Crippen LogP contribution in [0, 0.1) is 0 Å². The molecule has 0 unspecified atom stereocenters. The molecule has 20 heavy (non-hydrogen) atoms. The Balaban J connectivity index is 3.16. The molecular weight excluding hydrogens is 273 g/mol. The van der Waals surface area contributed by atoms with Crippen molar-refractivity contribution in [2.45, 2.75) is 26.1 Å². The third kappa shape index (κ3) is 4.04. The molecule has 0 aliphatic carbocycles. The molecule has 1 amide bonds. The number of methoxy groups -OCH3 is 1. The van der Waals surface area contributed by atoms with Gasteiger partial charge >= 0.3 is 6.18 Å². The second-order valence-corrected chi connectivity index (χ2v) is 4.60. The fourth-order valence-electron chi connectivity index (χ4n) is 1.73. The maximum Gasteiger partial charge on any atom is 0.406 e. The van der Waals surface area contributed by atoms with Crippen LogP contribution in [0.25, 0.3) is 0 Å². The highest BCUT2D eigenvalue weighted by Crippen LogP contribution is 2.26. The summed E-state index contributed by atoms with van der Waals surface area (Å²) in [5, 5.41) is 0. The number of nitrogens with zero attached hydrogens (tertiary/aromatic N) is 1. The average molecular weight is 290 g/mol. The first kappa shape index (κ1) is 16.1. The zero-order chi connectivity index (χ0) is 15.5. The number of alkyl halides is 3. The molecule has 1 aromatic rings. The third-order valence-electron chi connectivity index (χ3n) is 2.69. The van der Waals surface area contributed by atoms with Crippen molar-refractivity contribution in [2.24, 2.45) is 0 Å². The van der Waals surface area contributed by atoms with E-state index in [0.29, 0.717) is 0 Å². The molecule has 0 saturated carbocycles. The van der Waals surface area contributed by atoms with E-state index in [1.165, 1.54) is 39.2 Å². The molecule has 0 heterocycles. The molecular formula is C13H17F3N2O2. The van der Waals surface area contributed by atoms with Gasteiger partial charge in [-0.1, -0.05) is 0 Å². The first-order valence-corrected chi connectivity index (χ1v) is 5.97. The zero-order valence-electron chi connectivity index (χ0n) is 11.5. The topological polar surface area (TPSA) is 55.6 Å². The van der Waals surface area contributed by atoms with Crippen LogP contribution in [0.3, 0.4) is 0 Å². The molecule has 0 aromatic heterocycles. The van der Waals surface area contributed by atoms with E-state index in [-0.39, 0.29) is 17.0 Å². The maximum absolute atomic E-state index is 12.6. The summed E-state index contributed by atoms with van der Waals surface area (Å²) < 4.78 is 42.7. The minimum atomic E-state index is -4.46. The van der Waals surface area contributed by atoms with Crippen molar-refractivity contribution in [1.82, 2.24) is 4.90 Å². The van der Waals surface area contributed by atoms with Gasteiger partial charge in [0.1, 0.15) is 12.3 Å². The fourth-order valence-corrected chi connectivity index (χ4v) is 1.73. The van der Waals surface area contributed by atoms with Crippen LogP contribution in [-0.4, -0.2) is 36.7 Å². The van der Waals surface area contributed by atoms with E-state index in [2.05, 4.69) is 0 Å². The van der Waals surface area contributed by atoms with Crippen LogP contribution in [0.2, 0.25) is 0 Å². The van der Waals surface area contributed by atoms with Gasteiger partial charge < -0.3 is 15.4 Å². The predicted octanol–water partition coefficient (Wildman–Crippen LogP) is 2.69. The van der Waals surface area contributed by atoms with E-state index in [1.54, 1.807) is 0 Å². The van der Waals surface area contributed by atoms with Gasteiger partial charge in [0.2, 0.25) is 0 Å². The summed E-state index contributed by atoms with van der Waals surface area (Å²) in [5.41, 5.74) is 5.88. The van der Waals surface area contributed by atoms with Gasteiger partial charge in [-0.15, -0.1) is 0 Å². The van der Waals surface area contributed by atoms with Gasteiger partial charge in [-0.3, -0.25) is 4.79 Å². The Morgan fingerprint density at radius 2 is 2.00 bits per heavy atom. The number of carbonyl (C=O) groups is 1. The number of rotatable bonds is 4. The van der Waals surface area contributed by atoms with E-state index in [9.17, 15) is 18.0 Å². The minimum Gasteiger partial charge on any atom is -0.496 e. The first-order chi connectivity index (χ1) is 9.15. The van der Waals surface area contributed by atoms with Crippen LogP contribution >= 0.6 is 0 Å². The molecule has 0 atom stereocenters. The minimum absolute atomic E-state index is 0.0189. The highest BCUT2D eigenvalue weighted by Gasteiger charge is 2.35. The van der Waals surface area contributed by atoms with Crippen molar-refractivity contribution < 1.29 is 22.7 Å². The number of nitrogens with two attached hydrogens (primary N) is 1. The molecule has 0 radical (unpaired) electrons. The van der Waals surface area contributed by atoms with Gasteiger partial charge in [-0.25, -0.2) is 0 Å². The Kier molecular flexibility index (Phi) is 4.86. The summed E-state index contributed by atoms with van der Waals surface area (Å²) >= 11 is 0. The summed E-state index contributed by atoms with van der Waals surface area (Å²) in [5.74, 6) is -0.571. The van der Waals surface area contributed by atoms with Gasteiger partial charge in [-0.05, 0) is 32.0 Å². The monoisotopic (exact) mass is 290 g/mol. The highest BCUT2D eigenvalue weighted by molar-refractivity contribution is 5.98. The number of hydrogen-bond donors (Lipinski definition) is 1. The lowest BCUT2D eigenvalue weighted by atomic mass is 10.1. The zero-order valence-corrected chi connectivity index (χ0v) is 11.5. The molecule has 0 spiro atoms. The molecule has 112 valence electrons. The average Bonchev–Trinajstić information content (AvgIpc) is 2.33. The van der Waals surface area contributed by atoms with Crippen LogP contribution in [0.5, 0.6) is 5.75 Å². The number of halogens is 3. The molecule has 7 heteroatoms. The summed E-state index contributed by atoms with van der Waals surface area (Å²) in [6.07, 6.45) is -4.46. The van der Waals surface area contributed by atoms with Crippen LogP contribution < -0.4 is 10.5 Å². The number of benzene rings is 1. The van der Waals surface area contributed by atoms with Gasteiger partial charge in [0.15, 0.2) is 0 Å². The lowest BCUT2D eigenvalue weighted by Crippen LogP contribution is -2.43. The Hall–Kier alpha value is -1.92. The number of nitrogen functional groups attached to an aromatic ring is 1. The lowest BCUT2D eigenvalue weighted by Gasteiger charge is -2.28. The molecule has 0 aliphatic heterocycles. The molecule has 1 aromatic carbocycles. The van der Waals surface area contributed by atoms with Crippen LogP contribution in [0.1, 0.15) is 24.2 Å². The van der Waals surface area contributed by atoms with Crippen molar-refractivity contribution in [3.8, 4) is 5.75 Å². The SMILES string of the molecule is COc1ccc(N)cc1C(=O)N(CC(F)(F)F)C(C)C. The largest absolute Gasteiger partial charge is 0.496 e. The Labute approximate surface area is 115 Å². The van der Waals surface area contributed by atoms with Gasteiger partial charge in [0.25, 0.3) is 5.91 Å². The van der Waals surface area contributed by atoms with Gasteiger partial charge in [0.05, 0.1) is 12.7 Å². The molecule has 0 fully saturated rings. The molecule has 0 saturated heterocycles. The first-order valence-electron chi connectivity index (χ1n) is 5.97. The highest BCUT2D eigenvalue weighted by atomic mass is 19.4. The van der Waals surface area contributed by atoms with Crippen molar-refractivity contribution in [1.29, 1.82) is 0 Å². The second-order valence-electron chi connectivity index (χ2n) is 4.60. The Morgan fingerprint density at radius 3 is 2.45 bits per heavy atom. The van der Waals surface area contributed by atoms with Crippen LogP contribution in [0.15, 0.2) is 18.2 Å². The molecule has 0 aliphatic rings. The van der Waals surface area contributed by atoms with E-state index >= 15 is 0 Å². The van der Waals surface area contributed by atoms with Gasteiger partial charge in [0, 0.05) is 11.7 Å². The van der Waals surface area contributed by atoms with E-state index in [4.69, 9.17) is 10.5 Å². The predicted molar refractivity (Wildman–Crippen MR) is 69.6 cm³/mol. The summed E-state index contributed by atoms with van der Waals surface area (Å²) in [6, 6.07) is 3.68. The van der Waals surface area contributed by atoms with Crippen LogP contribution in [0.4, 0.5) is 18.9 Å². The quantitative estimate of drug-likeness (QED) is 0.867. The number of anilines is 1. The number of ether oxygens (including phenoxy) is 1. The number of carbonyl (C=O) groups excluding carboxylic acids is 1. The fraction of sp³-hybridized carbons (Fsp3) is 0.462. The standard InChI is InChI=1S/C13H17F3N2O2/c1-8(2)18(7-13(14,15)16)12(19)10-6-9(17)4-5-11(10)20-3/h4-6,8H,7,17H2,1-3H3. The summed E-state index contributed by atoms with van der Waals surface area (Å²) in [6.45, 7) is 1.71. The number of amides is 1. The normalized spacial score (nSPS) is 11.6. The van der Waals surface area contributed by atoms with Crippen LogP contribution in [-0.2, 0) is 0 Å². The van der Waals surface area contributed by atoms with E-state index < -0.39 is 24.7 Å². The Bertz CT molecular complexity index is 487. The maximum atomic E-state index is 12.6. The Morgan fingerprint density at radius 1 is 1.40 bits per heavy atom. The van der Waals surface area contributed by atoms with Crippen molar-refractivity contribution in [2.75, 3.05) is 19.4 Å². The smallest absolute Gasteiger partial charge is 0.406 e. The van der Waals surface area contributed by atoms with Crippen molar-refractivity contribution in [3.05, 3.63) is 23.8 Å². The summed E-state index contributed by atoms with van der Waals surface area (Å²) in [4.78, 5) is 13.0. The lowest BCUT2D eigenvalue weighted by molar-refractivity contribution is -0.143. The van der Waals surface area contributed by atoms with Crippen molar-refractivity contribution >= 4 is 11.6 Å². The van der Waals surface area contributed by atoms with Crippen molar-refractivity contribution in [3.63, 3.8) is 0 Å². The molecule has 4 nitrogen and oxygen atoms in total. The van der Waals surface area contributed by atoms with E-state index in [0.717, 1.165) is 4.90 Å². The molecule has 1 rings (SSSR count). The van der Waals surface area contributed by atoms with Gasteiger partial charge in [-0.2, -0.15) is 13.2 Å². The second kappa shape index (κ2) is 6.02. The van der Waals surface area contributed by atoms with E-state index in [1.807, 2.05) is 0 Å². The summed E-state index contributed by atoms with van der Waals surface area (Å²) in [7, 11) is 1.34. The number of hydrogen-bond acceptors (Lipinski definition) is 3.